The van der Waals surface area contributed by atoms with Crippen LogP contribution in [-0.4, -0.2) is 32.7 Å². The second kappa shape index (κ2) is 15.6. The van der Waals surface area contributed by atoms with Gasteiger partial charge in [-0.1, -0.05) is 33.7 Å². The molecular formula is C15H25BrO3. The Balaban J connectivity index is 0.000000273. The Bertz CT molecular complexity index is 229. The molecule has 0 saturated carbocycles. The number of carbonyl (C=O) groups is 1. The maximum Gasteiger partial charge on any atom is 0.124 e. The van der Waals surface area contributed by atoms with Crippen LogP contribution in [0.25, 0.3) is 0 Å². The monoisotopic (exact) mass is 332 g/mol. The molecule has 0 aromatic rings. The molecule has 110 valence electrons. The van der Waals surface area contributed by atoms with Crippen molar-refractivity contribution in [1.82, 2.24) is 0 Å². The average Bonchev–Trinajstić information content (AvgIpc) is 3.12. The van der Waals surface area contributed by atoms with E-state index in [0.29, 0.717) is 6.42 Å². The number of aldehydes is 1. The Morgan fingerprint density at radius 3 is 1.79 bits per heavy atom. The van der Waals surface area contributed by atoms with E-state index in [0.717, 1.165) is 38.3 Å². The van der Waals surface area contributed by atoms with Crippen LogP contribution in [0.5, 0.6) is 0 Å². The zero-order valence-corrected chi connectivity index (χ0v) is 13.4. The highest BCUT2D eigenvalue weighted by Gasteiger charge is 1.95. The Hall–Kier alpha value is -0.450. The molecule has 0 N–H and O–H groups in total. The van der Waals surface area contributed by atoms with Crippen molar-refractivity contribution in [1.29, 1.82) is 0 Å². The van der Waals surface area contributed by atoms with Gasteiger partial charge in [0, 0.05) is 32.8 Å². The minimum atomic E-state index is 0.525. The van der Waals surface area contributed by atoms with Crippen molar-refractivity contribution < 1.29 is 14.3 Å². The third-order valence-electron chi connectivity index (χ3n) is 2.51. The molecule has 19 heavy (non-hydrogen) atoms. The standard InChI is InChI=1S/C7H9BrO.2C4H8O/c1-7(4-6-9)3-2-5-8;2*1-2-4-5-3-1/h2-3,5-6H,4H2,1H3;2*1-4H2/b5-2+,7-3+;;. The summed E-state index contributed by atoms with van der Waals surface area (Å²) in [7, 11) is 0. The molecule has 0 unspecified atom stereocenters. The molecule has 0 atom stereocenters. The summed E-state index contributed by atoms with van der Waals surface area (Å²) < 4.78 is 9.89. The quantitative estimate of drug-likeness (QED) is 0.578. The fraction of sp³-hybridized carbons (Fsp3) is 0.667. The third kappa shape index (κ3) is 15.5. The number of rotatable bonds is 3. The zero-order chi connectivity index (χ0) is 14.2. The van der Waals surface area contributed by atoms with Crippen LogP contribution in [0, 0.1) is 0 Å². The Morgan fingerprint density at radius 1 is 1.05 bits per heavy atom. The first kappa shape index (κ1) is 18.6. The molecule has 3 nitrogen and oxygen atoms in total. The minimum Gasteiger partial charge on any atom is -0.381 e. The number of halogens is 1. The van der Waals surface area contributed by atoms with Gasteiger partial charge in [0.2, 0.25) is 0 Å². The molecule has 0 aromatic carbocycles. The van der Waals surface area contributed by atoms with Gasteiger partial charge in [-0.05, 0) is 37.6 Å². The van der Waals surface area contributed by atoms with E-state index in [1.165, 1.54) is 25.7 Å². The summed E-state index contributed by atoms with van der Waals surface area (Å²) in [6.07, 6.45) is 10.3. The second-order valence-corrected chi connectivity index (χ2v) is 4.87. The normalized spacial score (nSPS) is 18.5. The largest absolute Gasteiger partial charge is 0.381 e. The summed E-state index contributed by atoms with van der Waals surface area (Å²) >= 11 is 3.12. The van der Waals surface area contributed by atoms with Crippen LogP contribution in [0.1, 0.15) is 39.0 Å². The van der Waals surface area contributed by atoms with Crippen molar-refractivity contribution in [3.8, 4) is 0 Å². The second-order valence-electron chi connectivity index (χ2n) is 4.34. The average molecular weight is 333 g/mol. The van der Waals surface area contributed by atoms with E-state index >= 15 is 0 Å². The summed E-state index contributed by atoms with van der Waals surface area (Å²) in [5.74, 6) is 0. The lowest BCUT2D eigenvalue weighted by atomic mass is 10.2. The summed E-state index contributed by atoms with van der Waals surface area (Å²) in [5, 5.41) is 0. The van der Waals surface area contributed by atoms with Crippen molar-refractivity contribution in [2.24, 2.45) is 0 Å². The molecule has 0 aliphatic carbocycles. The SMILES string of the molecule is C/C(=C\C=C\Br)CC=O.C1CCOC1.C1CCOC1. The van der Waals surface area contributed by atoms with Gasteiger partial charge in [0.1, 0.15) is 6.29 Å². The van der Waals surface area contributed by atoms with Gasteiger partial charge in [-0.3, -0.25) is 0 Å². The highest BCUT2D eigenvalue weighted by Crippen LogP contribution is 1.99. The van der Waals surface area contributed by atoms with Gasteiger partial charge in [0.15, 0.2) is 0 Å². The summed E-state index contributed by atoms with van der Waals surface area (Å²) in [6, 6.07) is 0. The highest BCUT2D eigenvalue weighted by molar-refractivity contribution is 9.11. The number of ether oxygens (including phenoxy) is 2. The number of hydrogen-bond donors (Lipinski definition) is 0. The molecule has 0 aromatic heterocycles. The Labute approximate surface area is 125 Å². The van der Waals surface area contributed by atoms with Gasteiger partial charge in [-0.25, -0.2) is 0 Å². The lowest BCUT2D eigenvalue weighted by Gasteiger charge is -1.86. The molecule has 4 heteroatoms. The van der Waals surface area contributed by atoms with Crippen LogP contribution in [0.2, 0.25) is 0 Å². The molecule has 0 bridgehead atoms. The van der Waals surface area contributed by atoms with Crippen molar-refractivity contribution in [3.05, 3.63) is 22.7 Å². The highest BCUT2D eigenvalue weighted by atomic mass is 79.9. The summed E-state index contributed by atoms with van der Waals surface area (Å²) in [5.41, 5.74) is 1.07. The maximum absolute atomic E-state index is 9.90. The van der Waals surface area contributed by atoms with Crippen LogP contribution in [0.4, 0.5) is 0 Å². The van der Waals surface area contributed by atoms with E-state index in [9.17, 15) is 4.79 Å². The number of allylic oxidation sites excluding steroid dienone is 3. The topological polar surface area (TPSA) is 35.5 Å². The molecule has 2 saturated heterocycles. The predicted molar refractivity (Wildman–Crippen MR) is 82.6 cm³/mol. The third-order valence-corrected chi connectivity index (χ3v) is 2.82. The molecule has 2 heterocycles. The van der Waals surface area contributed by atoms with E-state index < -0.39 is 0 Å². The molecule has 2 aliphatic heterocycles. The maximum atomic E-state index is 9.90. The van der Waals surface area contributed by atoms with Crippen LogP contribution in [0.3, 0.4) is 0 Å². The first-order valence-corrected chi connectivity index (χ1v) is 7.74. The van der Waals surface area contributed by atoms with E-state index in [1.807, 2.05) is 19.1 Å². The lowest BCUT2D eigenvalue weighted by Crippen LogP contribution is -1.75. The van der Waals surface area contributed by atoms with Crippen molar-refractivity contribution in [2.45, 2.75) is 39.0 Å². The van der Waals surface area contributed by atoms with Gasteiger partial charge in [0.25, 0.3) is 0 Å². The van der Waals surface area contributed by atoms with Gasteiger partial charge in [0.05, 0.1) is 0 Å². The molecule has 2 rings (SSSR count). The Morgan fingerprint density at radius 2 is 1.53 bits per heavy atom. The van der Waals surface area contributed by atoms with Crippen LogP contribution >= 0.6 is 15.9 Å². The van der Waals surface area contributed by atoms with Gasteiger partial charge < -0.3 is 14.3 Å². The molecule has 0 spiro atoms. The van der Waals surface area contributed by atoms with Crippen molar-refractivity contribution >= 4 is 22.2 Å². The lowest BCUT2D eigenvalue weighted by molar-refractivity contribution is -0.107. The molecule has 0 amide bonds. The molecule has 2 aliphatic rings. The number of carbonyl (C=O) groups excluding carboxylic acids is 1. The van der Waals surface area contributed by atoms with Crippen molar-refractivity contribution in [2.75, 3.05) is 26.4 Å². The van der Waals surface area contributed by atoms with Crippen LogP contribution in [0.15, 0.2) is 22.7 Å². The van der Waals surface area contributed by atoms with E-state index in [-0.39, 0.29) is 0 Å². The summed E-state index contributed by atoms with van der Waals surface area (Å²) in [6.45, 7) is 5.92. The van der Waals surface area contributed by atoms with Gasteiger partial charge in [-0.15, -0.1) is 0 Å². The molecule has 2 fully saturated rings. The fourth-order valence-corrected chi connectivity index (χ4v) is 1.57. The predicted octanol–water partition coefficient (Wildman–Crippen LogP) is 4.02. The first-order valence-electron chi connectivity index (χ1n) is 6.83. The van der Waals surface area contributed by atoms with E-state index in [4.69, 9.17) is 9.47 Å². The van der Waals surface area contributed by atoms with Crippen LogP contribution < -0.4 is 0 Å². The fourth-order valence-electron chi connectivity index (χ4n) is 1.42. The zero-order valence-electron chi connectivity index (χ0n) is 11.8. The molecular weight excluding hydrogens is 308 g/mol. The molecule has 0 radical (unpaired) electrons. The van der Waals surface area contributed by atoms with E-state index in [1.54, 1.807) is 4.99 Å². The van der Waals surface area contributed by atoms with Crippen LogP contribution in [-0.2, 0) is 14.3 Å². The summed E-state index contributed by atoms with van der Waals surface area (Å²) in [4.78, 5) is 11.7. The van der Waals surface area contributed by atoms with Gasteiger partial charge >= 0.3 is 0 Å². The smallest absolute Gasteiger partial charge is 0.124 e. The first-order chi connectivity index (χ1) is 9.31. The van der Waals surface area contributed by atoms with Crippen molar-refractivity contribution in [3.63, 3.8) is 0 Å². The van der Waals surface area contributed by atoms with Gasteiger partial charge in [-0.2, -0.15) is 0 Å². The van der Waals surface area contributed by atoms with E-state index in [2.05, 4.69) is 15.9 Å². The number of hydrogen-bond acceptors (Lipinski definition) is 3. The minimum absolute atomic E-state index is 0.525. The Kier molecular flexibility index (Phi) is 15.2.